The normalized spacial score (nSPS) is 16.1. The smallest absolute Gasteiger partial charge is 0.309 e. The maximum atomic E-state index is 11.9. The lowest BCUT2D eigenvalue weighted by Crippen LogP contribution is -2.34. The number of hydrogen-bond donors (Lipinski definition) is 1. The molecule has 1 aliphatic rings. The average Bonchev–Trinajstić information content (AvgIpc) is 2.24. The third-order valence-electron chi connectivity index (χ3n) is 3.23. The Morgan fingerprint density at radius 2 is 1.85 bits per heavy atom. The van der Waals surface area contributed by atoms with Crippen LogP contribution in [0, 0.1) is 5.92 Å². The molecule has 1 aliphatic carbocycles. The van der Waals surface area contributed by atoms with Crippen molar-refractivity contribution >= 4 is 40.8 Å². The van der Waals surface area contributed by atoms with Gasteiger partial charge in [-0.2, -0.15) is 0 Å². The molecule has 1 fully saturated rings. The highest BCUT2D eigenvalue weighted by Gasteiger charge is 2.29. The fourth-order valence-corrected chi connectivity index (χ4v) is 2.36. The van der Waals surface area contributed by atoms with Gasteiger partial charge in [0.2, 0.25) is 0 Å². The third-order valence-corrected chi connectivity index (χ3v) is 3.67. The number of carbonyl (C=O) groups is 2. The van der Waals surface area contributed by atoms with Crippen molar-refractivity contribution in [1.82, 2.24) is 0 Å². The number of halogens is 2. The standard InChI is InChI=1S/C14H15Cl2NO3/c1-8(20-14(19)9-3-2-4-9)13(18)17-12-6-10(15)5-11(16)7-12/h5-9H,2-4H2,1H3,(H,17,18)/t8-/m1/s1. The fourth-order valence-electron chi connectivity index (χ4n) is 1.84. The van der Waals surface area contributed by atoms with E-state index >= 15 is 0 Å². The second-order valence-corrected chi connectivity index (χ2v) is 5.73. The van der Waals surface area contributed by atoms with Gasteiger partial charge in [-0.3, -0.25) is 9.59 Å². The lowest BCUT2D eigenvalue weighted by molar-refractivity contribution is -0.159. The van der Waals surface area contributed by atoms with Crippen molar-refractivity contribution in [2.75, 3.05) is 5.32 Å². The Bertz CT molecular complexity index is 509. The van der Waals surface area contributed by atoms with E-state index in [2.05, 4.69) is 5.32 Å². The summed E-state index contributed by atoms with van der Waals surface area (Å²) in [6.45, 7) is 1.54. The molecule has 108 valence electrons. The summed E-state index contributed by atoms with van der Waals surface area (Å²) in [5.74, 6) is -0.759. The van der Waals surface area contributed by atoms with Crippen LogP contribution in [0.4, 0.5) is 5.69 Å². The van der Waals surface area contributed by atoms with Gasteiger partial charge in [0.25, 0.3) is 5.91 Å². The molecule has 0 unspecified atom stereocenters. The molecule has 1 aromatic carbocycles. The summed E-state index contributed by atoms with van der Waals surface area (Å²) < 4.78 is 5.13. The number of hydrogen-bond acceptors (Lipinski definition) is 3. The number of anilines is 1. The van der Waals surface area contributed by atoms with Crippen LogP contribution in [0.1, 0.15) is 26.2 Å². The highest BCUT2D eigenvalue weighted by Crippen LogP contribution is 2.28. The molecule has 0 radical (unpaired) electrons. The zero-order valence-corrected chi connectivity index (χ0v) is 12.5. The van der Waals surface area contributed by atoms with Crippen molar-refractivity contribution < 1.29 is 14.3 Å². The number of ether oxygens (including phenoxy) is 1. The number of carbonyl (C=O) groups excluding carboxylic acids is 2. The Labute approximate surface area is 127 Å². The summed E-state index contributed by atoms with van der Waals surface area (Å²) in [6, 6.07) is 4.72. The van der Waals surface area contributed by atoms with Crippen LogP contribution in [0.3, 0.4) is 0 Å². The van der Waals surface area contributed by atoms with Crippen LogP contribution >= 0.6 is 23.2 Å². The number of nitrogens with one attached hydrogen (secondary N) is 1. The van der Waals surface area contributed by atoms with Gasteiger partial charge in [0.05, 0.1) is 5.92 Å². The van der Waals surface area contributed by atoms with E-state index in [-0.39, 0.29) is 11.9 Å². The van der Waals surface area contributed by atoms with Gasteiger partial charge >= 0.3 is 5.97 Å². The van der Waals surface area contributed by atoms with Crippen molar-refractivity contribution in [2.45, 2.75) is 32.3 Å². The Morgan fingerprint density at radius 3 is 2.35 bits per heavy atom. The van der Waals surface area contributed by atoms with E-state index in [1.54, 1.807) is 18.2 Å². The molecule has 1 aromatic rings. The van der Waals surface area contributed by atoms with Gasteiger partial charge in [-0.05, 0) is 38.0 Å². The van der Waals surface area contributed by atoms with Crippen LogP contribution in [0.5, 0.6) is 0 Å². The molecule has 1 N–H and O–H groups in total. The van der Waals surface area contributed by atoms with Crippen molar-refractivity contribution in [2.24, 2.45) is 5.92 Å². The number of benzene rings is 1. The van der Waals surface area contributed by atoms with Gasteiger partial charge in [0.1, 0.15) is 0 Å². The second kappa shape index (κ2) is 6.46. The maximum Gasteiger partial charge on any atom is 0.309 e. The first-order valence-corrected chi connectivity index (χ1v) is 7.19. The number of rotatable bonds is 4. The van der Waals surface area contributed by atoms with E-state index in [0.29, 0.717) is 15.7 Å². The summed E-state index contributed by atoms with van der Waals surface area (Å²) >= 11 is 11.7. The molecule has 0 spiro atoms. The first-order chi connectivity index (χ1) is 9.45. The third kappa shape index (κ3) is 3.87. The molecular weight excluding hydrogens is 301 g/mol. The average molecular weight is 316 g/mol. The van der Waals surface area contributed by atoms with Crippen LogP contribution in [0.25, 0.3) is 0 Å². The van der Waals surface area contributed by atoms with E-state index in [1.165, 1.54) is 6.92 Å². The molecular formula is C14H15Cl2NO3. The van der Waals surface area contributed by atoms with Crippen molar-refractivity contribution in [1.29, 1.82) is 0 Å². The van der Waals surface area contributed by atoms with Gasteiger partial charge in [0, 0.05) is 15.7 Å². The maximum absolute atomic E-state index is 11.9. The summed E-state index contributed by atoms with van der Waals surface area (Å²) in [5.41, 5.74) is 0.471. The largest absolute Gasteiger partial charge is 0.452 e. The summed E-state index contributed by atoms with van der Waals surface area (Å²) in [4.78, 5) is 23.6. The van der Waals surface area contributed by atoms with Gasteiger partial charge in [-0.15, -0.1) is 0 Å². The quantitative estimate of drug-likeness (QED) is 0.862. The molecule has 1 saturated carbocycles. The lowest BCUT2D eigenvalue weighted by Gasteiger charge is -2.24. The van der Waals surface area contributed by atoms with Gasteiger partial charge in [-0.1, -0.05) is 29.6 Å². The van der Waals surface area contributed by atoms with E-state index < -0.39 is 12.0 Å². The van der Waals surface area contributed by atoms with E-state index in [9.17, 15) is 9.59 Å². The summed E-state index contributed by atoms with van der Waals surface area (Å²) in [5, 5.41) is 3.46. The van der Waals surface area contributed by atoms with Crippen molar-refractivity contribution in [3.8, 4) is 0 Å². The minimum Gasteiger partial charge on any atom is -0.452 e. The lowest BCUT2D eigenvalue weighted by atomic mass is 9.86. The van der Waals surface area contributed by atoms with E-state index in [4.69, 9.17) is 27.9 Å². The van der Waals surface area contributed by atoms with Crippen LogP contribution in [-0.4, -0.2) is 18.0 Å². The highest BCUT2D eigenvalue weighted by molar-refractivity contribution is 6.35. The molecule has 0 bridgehead atoms. The van der Waals surface area contributed by atoms with Gasteiger partial charge in [-0.25, -0.2) is 0 Å². The number of amides is 1. The summed E-state index contributed by atoms with van der Waals surface area (Å²) in [6.07, 6.45) is 1.89. The highest BCUT2D eigenvalue weighted by atomic mass is 35.5. The SMILES string of the molecule is C[C@@H](OC(=O)C1CCC1)C(=O)Nc1cc(Cl)cc(Cl)c1. The molecule has 0 aliphatic heterocycles. The molecule has 1 amide bonds. The monoisotopic (exact) mass is 315 g/mol. The van der Waals surface area contributed by atoms with Crippen LogP contribution < -0.4 is 5.32 Å². The minimum absolute atomic E-state index is 0.0501. The number of esters is 1. The summed E-state index contributed by atoms with van der Waals surface area (Å²) in [7, 11) is 0. The van der Waals surface area contributed by atoms with Crippen molar-refractivity contribution in [3.05, 3.63) is 28.2 Å². The minimum atomic E-state index is -0.846. The van der Waals surface area contributed by atoms with E-state index in [0.717, 1.165) is 19.3 Å². The first-order valence-electron chi connectivity index (χ1n) is 6.43. The Morgan fingerprint density at radius 1 is 1.25 bits per heavy atom. The van der Waals surface area contributed by atoms with Gasteiger partial charge < -0.3 is 10.1 Å². The predicted octanol–water partition coefficient (Wildman–Crippen LogP) is 3.66. The topological polar surface area (TPSA) is 55.4 Å². The molecule has 4 nitrogen and oxygen atoms in total. The molecule has 20 heavy (non-hydrogen) atoms. The first kappa shape index (κ1) is 15.1. The van der Waals surface area contributed by atoms with Crippen LogP contribution in [0.15, 0.2) is 18.2 Å². The van der Waals surface area contributed by atoms with E-state index in [1.807, 2.05) is 0 Å². The molecule has 0 saturated heterocycles. The van der Waals surface area contributed by atoms with Crippen molar-refractivity contribution in [3.63, 3.8) is 0 Å². The Balaban J connectivity index is 1.91. The molecule has 1 atom stereocenters. The second-order valence-electron chi connectivity index (χ2n) is 4.85. The molecule has 0 aromatic heterocycles. The fraction of sp³-hybridized carbons (Fsp3) is 0.429. The molecule has 6 heteroatoms. The van der Waals surface area contributed by atoms with Gasteiger partial charge in [0.15, 0.2) is 6.10 Å². The molecule has 2 rings (SSSR count). The Hall–Kier alpha value is -1.26. The zero-order valence-electron chi connectivity index (χ0n) is 11.0. The van der Waals surface area contributed by atoms with Crippen LogP contribution in [-0.2, 0) is 14.3 Å². The zero-order chi connectivity index (χ0) is 14.7. The molecule has 0 heterocycles. The van der Waals surface area contributed by atoms with Crippen LogP contribution in [0.2, 0.25) is 10.0 Å². The predicted molar refractivity (Wildman–Crippen MR) is 78.0 cm³/mol. The Kier molecular flexibility index (Phi) is 4.89.